The summed E-state index contributed by atoms with van der Waals surface area (Å²) in [4.78, 5) is 0. The number of hydrogen-bond donors (Lipinski definition) is 2. The van der Waals surface area contributed by atoms with E-state index < -0.39 is 6.10 Å². The van der Waals surface area contributed by atoms with E-state index in [-0.39, 0.29) is 12.7 Å². The molecule has 2 unspecified atom stereocenters. The number of aliphatic hydroxyl groups excluding tert-OH is 2. The molecule has 0 aromatic carbocycles. The normalized spacial score (nSPS) is 16.4. The molecule has 3 heteroatoms. The molecule has 0 amide bonds. The fraction of sp³-hybridized carbons (Fsp3) is 1.00. The maximum atomic E-state index is 9.17. The van der Waals surface area contributed by atoms with Gasteiger partial charge in [-0.1, -0.05) is 19.8 Å². The molecular weight excluding hydrogens is 144 g/mol. The molecule has 0 heterocycles. The van der Waals surface area contributed by atoms with Gasteiger partial charge in [-0.05, 0) is 6.42 Å². The van der Waals surface area contributed by atoms with Gasteiger partial charge in [0, 0.05) is 7.11 Å². The first-order valence-corrected chi connectivity index (χ1v) is 4.08. The van der Waals surface area contributed by atoms with Gasteiger partial charge < -0.3 is 14.9 Å². The van der Waals surface area contributed by atoms with Crippen LogP contribution in [-0.4, -0.2) is 36.1 Å². The highest BCUT2D eigenvalue weighted by molar-refractivity contribution is 4.66. The second kappa shape index (κ2) is 6.58. The van der Waals surface area contributed by atoms with E-state index in [2.05, 4.69) is 6.92 Å². The van der Waals surface area contributed by atoms with Crippen LogP contribution in [0.25, 0.3) is 0 Å². The minimum atomic E-state index is -0.730. The highest BCUT2D eigenvalue weighted by atomic mass is 16.5. The van der Waals surface area contributed by atoms with Crippen molar-refractivity contribution in [3.05, 3.63) is 0 Å². The first-order valence-electron chi connectivity index (χ1n) is 4.08. The molecule has 2 atom stereocenters. The fourth-order valence-corrected chi connectivity index (χ4v) is 0.990. The van der Waals surface area contributed by atoms with Crippen LogP contribution in [0.5, 0.6) is 0 Å². The average molecular weight is 162 g/mol. The standard InChI is InChI=1S/C8H18O3/c1-3-4-5-8(11-2)7(10)6-9/h7-10H,3-6H2,1-2H3. The number of ether oxygens (including phenoxy) is 1. The Morgan fingerprint density at radius 3 is 2.45 bits per heavy atom. The lowest BCUT2D eigenvalue weighted by atomic mass is 10.1. The predicted molar refractivity (Wildman–Crippen MR) is 43.4 cm³/mol. The fourth-order valence-electron chi connectivity index (χ4n) is 0.990. The van der Waals surface area contributed by atoms with Crippen LogP contribution in [0.15, 0.2) is 0 Å². The van der Waals surface area contributed by atoms with Gasteiger partial charge in [0.25, 0.3) is 0 Å². The predicted octanol–water partition coefficient (Wildman–Crippen LogP) is 0.545. The summed E-state index contributed by atoms with van der Waals surface area (Å²) in [5, 5.41) is 17.8. The Balaban J connectivity index is 3.56. The van der Waals surface area contributed by atoms with Gasteiger partial charge in [0.2, 0.25) is 0 Å². The largest absolute Gasteiger partial charge is 0.394 e. The molecule has 0 aliphatic heterocycles. The zero-order chi connectivity index (χ0) is 8.69. The number of aliphatic hydroxyl groups is 2. The van der Waals surface area contributed by atoms with Crippen LogP contribution >= 0.6 is 0 Å². The highest BCUT2D eigenvalue weighted by Crippen LogP contribution is 2.07. The average Bonchev–Trinajstić information content (AvgIpc) is 2.05. The summed E-state index contributed by atoms with van der Waals surface area (Å²) in [6.07, 6.45) is 1.98. The lowest BCUT2D eigenvalue weighted by Gasteiger charge is -2.19. The molecule has 0 aliphatic rings. The van der Waals surface area contributed by atoms with Crippen LogP contribution in [0.3, 0.4) is 0 Å². The van der Waals surface area contributed by atoms with Gasteiger partial charge >= 0.3 is 0 Å². The molecule has 0 saturated carbocycles. The maximum absolute atomic E-state index is 9.17. The van der Waals surface area contributed by atoms with E-state index in [1.807, 2.05) is 0 Å². The van der Waals surface area contributed by atoms with Gasteiger partial charge in [0.15, 0.2) is 0 Å². The molecule has 0 fully saturated rings. The van der Waals surface area contributed by atoms with Crippen LogP contribution in [0.2, 0.25) is 0 Å². The summed E-state index contributed by atoms with van der Waals surface area (Å²) < 4.78 is 5.00. The molecule has 0 spiro atoms. The van der Waals surface area contributed by atoms with E-state index in [1.54, 1.807) is 7.11 Å². The van der Waals surface area contributed by atoms with Gasteiger partial charge in [-0.2, -0.15) is 0 Å². The molecule has 2 N–H and O–H groups in total. The lowest BCUT2D eigenvalue weighted by Crippen LogP contribution is -2.30. The Labute approximate surface area is 68.0 Å². The van der Waals surface area contributed by atoms with Crippen LogP contribution in [-0.2, 0) is 4.74 Å². The third-order valence-corrected chi connectivity index (χ3v) is 1.76. The van der Waals surface area contributed by atoms with Crippen molar-refractivity contribution >= 4 is 0 Å². The number of hydrogen-bond acceptors (Lipinski definition) is 3. The van der Waals surface area contributed by atoms with Gasteiger partial charge in [-0.3, -0.25) is 0 Å². The Hall–Kier alpha value is -0.120. The van der Waals surface area contributed by atoms with E-state index in [0.29, 0.717) is 0 Å². The Kier molecular flexibility index (Phi) is 6.51. The van der Waals surface area contributed by atoms with Crippen molar-refractivity contribution in [1.29, 1.82) is 0 Å². The molecule has 11 heavy (non-hydrogen) atoms. The third kappa shape index (κ3) is 4.35. The molecule has 0 bridgehead atoms. The topological polar surface area (TPSA) is 49.7 Å². The molecule has 68 valence electrons. The monoisotopic (exact) mass is 162 g/mol. The Morgan fingerprint density at radius 2 is 2.09 bits per heavy atom. The molecule has 0 aliphatic carbocycles. The van der Waals surface area contributed by atoms with E-state index >= 15 is 0 Å². The number of rotatable bonds is 6. The van der Waals surface area contributed by atoms with E-state index in [1.165, 1.54) is 0 Å². The zero-order valence-corrected chi connectivity index (χ0v) is 7.29. The molecule has 0 rings (SSSR count). The smallest absolute Gasteiger partial charge is 0.103 e. The van der Waals surface area contributed by atoms with Crippen LogP contribution in [0.4, 0.5) is 0 Å². The Bertz CT molecular complexity index is 85.4. The van der Waals surface area contributed by atoms with Crippen molar-refractivity contribution in [3.63, 3.8) is 0 Å². The van der Waals surface area contributed by atoms with E-state index in [9.17, 15) is 0 Å². The quantitative estimate of drug-likeness (QED) is 0.599. The van der Waals surface area contributed by atoms with Crippen LogP contribution in [0, 0.1) is 0 Å². The summed E-state index contributed by atoms with van der Waals surface area (Å²) >= 11 is 0. The van der Waals surface area contributed by atoms with Gasteiger partial charge in [-0.15, -0.1) is 0 Å². The first-order chi connectivity index (χ1) is 5.26. The van der Waals surface area contributed by atoms with Crippen molar-refractivity contribution in [2.75, 3.05) is 13.7 Å². The zero-order valence-electron chi connectivity index (χ0n) is 7.29. The summed E-state index contributed by atoms with van der Waals surface area (Å²) in [6, 6.07) is 0. The minimum Gasteiger partial charge on any atom is -0.394 e. The summed E-state index contributed by atoms with van der Waals surface area (Å²) in [5.74, 6) is 0. The summed E-state index contributed by atoms with van der Waals surface area (Å²) in [7, 11) is 1.55. The highest BCUT2D eigenvalue weighted by Gasteiger charge is 2.16. The first kappa shape index (κ1) is 10.9. The van der Waals surface area contributed by atoms with Crippen molar-refractivity contribution in [1.82, 2.24) is 0 Å². The van der Waals surface area contributed by atoms with Crippen molar-refractivity contribution in [2.24, 2.45) is 0 Å². The van der Waals surface area contributed by atoms with E-state index in [4.69, 9.17) is 14.9 Å². The van der Waals surface area contributed by atoms with Crippen molar-refractivity contribution in [2.45, 2.75) is 38.4 Å². The van der Waals surface area contributed by atoms with Gasteiger partial charge in [-0.25, -0.2) is 0 Å². The lowest BCUT2D eigenvalue weighted by molar-refractivity contribution is -0.0417. The van der Waals surface area contributed by atoms with Gasteiger partial charge in [0.05, 0.1) is 12.7 Å². The van der Waals surface area contributed by atoms with E-state index in [0.717, 1.165) is 19.3 Å². The van der Waals surface area contributed by atoms with Gasteiger partial charge in [0.1, 0.15) is 6.10 Å². The molecule has 3 nitrogen and oxygen atoms in total. The molecule has 0 aromatic rings. The second-order valence-electron chi connectivity index (χ2n) is 2.67. The molecule has 0 aromatic heterocycles. The minimum absolute atomic E-state index is 0.208. The summed E-state index contributed by atoms with van der Waals surface area (Å²) in [6.45, 7) is 1.86. The third-order valence-electron chi connectivity index (χ3n) is 1.76. The van der Waals surface area contributed by atoms with Crippen molar-refractivity contribution in [3.8, 4) is 0 Å². The number of methoxy groups -OCH3 is 1. The summed E-state index contributed by atoms with van der Waals surface area (Å²) in [5.41, 5.74) is 0. The second-order valence-corrected chi connectivity index (χ2v) is 2.67. The van der Waals surface area contributed by atoms with Crippen molar-refractivity contribution < 1.29 is 14.9 Å². The Morgan fingerprint density at radius 1 is 1.45 bits per heavy atom. The van der Waals surface area contributed by atoms with Crippen LogP contribution < -0.4 is 0 Å². The molecule has 0 radical (unpaired) electrons. The van der Waals surface area contributed by atoms with Crippen LogP contribution in [0.1, 0.15) is 26.2 Å². The molecule has 0 saturated heterocycles. The maximum Gasteiger partial charge on any atom is 0.103 e. The molecular formula is C8H18O3. The SMILES string of the molecule is CCCCC(OC)C(O)CO. The number of unbranched alkanes of at least 4 members (excludes halogenated alkanes) is 1.